The fourth-order valence-electron chi connectivity index (χ4n) is 4.95. The molecular formula is C28H33BN6O4. The Morgan fingerprint density at radius 3 is 2.51 bits per heavy atom. The van der Waals surface area contributed by atoms with E-state index in [0.717, 1.165) is 44.6 Å². The van der Waals surface area contributed by atoms with Crippen molar-refractivity contribution in [3.05, 3.63) is 83.8 Å². The quantitative estimate of drug-likeness (QED) is 0.181. The molecule has 0 unspecified atom stereocenters. The smallest absolute Gasteiger partial charge is 0.423 e. The minimum atomic E-state index is -1.52. The van der Waals surface area contributed by atoms with Gasteiger partial charge in [-0.1, -0.05) is 42.5 Å². The first-order chi connectivity index (χ1) is 19.0. The van der Waals surface area contributed by atoms with Crippen molar-refractivity contribution in [1.29, 1.82) is 0 Å². The summed E-state index contributed by atoms with van der Waals surface area (Å²) < 4.78 is 2.18. The first-order valence-electron chi connectivity index (χ1n) is 13.2. The number of fused-ring (bicyclic) bond motifs is 1. The van der Waals surface area contributed by atoms with Crippen LogP contribution in [0.3, 0.4) is 0 Å². The summed E-state index contributed by atoms with van der Waals surface area (Å²) in [6, 6.07) is 15.1. The number of piperidine rings is 1. The molecule has 4 N–H and O–H groups in total. The molecule has 1 amide bonds. The molecule has 11 heteroatoms. The molecule has 0 saturated carbocycles. The highest BCUT2D eigenvalue weighted by atomic mass is 16.6. The maximum atomic E-state index is 12.4. The number of rotatable bonds is 10. The molecule has 1 saturated heterocycles. The highest BCUT2D eigenvalue weighted by molar-refractivity contribution is 6.58. The van der Waals surface area contributed by atoms with Crippen LogP contribution < -0.4 is 21.2 Å². The molecule has 0 aliphatic carbocycles. The second-order valence-electron chi connectivity index (χ2n) is 9.95. The molecule has 1 fully saturated rings. The zero-order chi connectivity index (χ0) is 27.2. The largest absolute Gasteiger partial charge is 0.488 e. The van der Waals surface area contributed by atoms with Gasteiger partial charge in [0.15, 0.2) is 0 Å². The van der Waals surface area contributed by atoms with Gasteiger partial charge in [0.2, 0.25) is 5.95 Å². The van der Waals surface area contributed by atoms with Crippen LogP contribution in [0.2, 0.25) is 0 Å². The molecule has 5 rings (SSSR count). The van der Waals surface area contributed by atoms with Crippen LogP contribution in [-0.4, -0.2) is 57.2 Å². The van der Waals surface area contributed by atoms with Crippen molar-refractivity contribution >= 4 is 35.3 Å². The number of nitrogens with zero attached hydrogens (tertiary/aromatic N) is 4. The Morgan fingerprint density at radius 2 is 1.79 bits per heavy atom. The molecule has 0 bridgehead atoms. The van der Waals surface area contributed by atoms with E-state index in [0.29, 0.717) is 22.9 Å². The number of para-hydroxylation sites is 1. The Bertz CT molecular complexity index is 1390. The van der Waals surface area contributed by atoms with Gasteiger partial charge in [-0.3, -0.25) is 9.63 Å². The van der Waals surface area contributed by atoms with Crippen LogP contribution >= 0.6 is 0 Å². The first kappa shape index (κ1) is 26.8. The molecule has 3 heterocycles. The Balaban J connectivity index is 1.03. The molecule has 2 aromatic carbocycles. The van der Waals surface area contributed by atoms with Crippen molar-refractivity contribution in [3.8, 4) is 0 Å². The number of hydroxylamine groups is 1. The van der Waals surface area contributed by atoms with Gasteiger partial charge in [0.05, 0.1) is 12.2 Å². The lowest BCUT2D eigenvalue weighted by Gasteiger charge is -2.32. The zero-order valence-electron chi connectivity index (χ0n) is 22.0. The average molecular weight is 528 g/mol. The second-order valence-corrected chi connectivity index (χ2v) is 9.95. The van der Waals surface area contributed by atoms with Crippen LogP contribution in [0.1, 0.15) is 34.3 Å². The highest BCUT2D eigenvalue weighted by Crippen LogP contribution is 2.22. The van der Waals surface area contributed by atoms with Gasteiger partial charge in [-0.05, 0) is 48.0 Å². The lowest BCUT2D eigenvalue weighted by Crippen LogP contribution is -2.38. The summed E-state index contributed by atoms with van der Waals surface area (Å²) >= 11 is 0. The Hall–Kier alpha value is -3.77. The predicted octanol–water partition coefficient (Wildman–Crippen LogP) is 1.52. The van der Waals surface area contributed by atoms with Gasteiger partial charge >= 0.3 is 7.12 Å². The van der Waals surface area contributed by atoms with Gasteiger partial charge in [0, 0.05) is 56.2 Å². The Morgan fingerprint density at radius 1 is 1.08 bits per heavy atom. The number of aryl methyl sites for hydroxylation is 1. The number of carbonyl (C=O) groups excluding carboxylic acids is 1. The fraction of sp³-hybridized carbons (Fsp3) is 0.321. The molecule has 1 aliphatic rings. The number of carbonyl (C=O) groups is 1. The highest BCUT2D eigenvalue weighted by Gasteiger charge is 2.21. The van der Waals surface area contributed by atoms with E-state index in [4.69, 9.17) is 14.9 Å². The molecule has 0 spiro atoms. The van der Waals surface area contributed by atoms with Crippen molar-refractivity contribution in [1.82, 2.24) is 25.3 Å². The van der Waals surface area contributed by atoms with Crippen LogP contribution in [0.4, 0.5) is 5.95 Å². The van der Waals surface area contributed by atoms with Crippen molar-refractivity contribution in [3.63, 3.8) is 0 Å². The van der Waals surface area contributed by atoms with E-state index in [1.54, 1.807) is 24.3 Å². The summed E-state index contributed by atoms with van der Waals surface area (Å²) in [4.78, 5) is 28.6. The maximum Gasteiger partial charge on any atom is 0.488 e. The van der Waals surface area contributed by atoms with E-state index in [1.165, 1.54) is 28.9 Å². The molecule has 4 aromatic rings. The minimum Gasteiger partial charge on any atom is -0.423 e. The van der Waals surface area contributed by atoms with Crippen LogP contribution in [0.15, 0.2) is 67.1 Å². The summed E-state index contributed by atoms with van der Waals surface area (Å²) in [5.41, 5.74) is 6.45. The van der Waals surface area contributed by atoms with E-state index in [-0.39, 0.29) is 6.61 Å². The SMILES string of the molecule is Cn1cc(CNCC2CCN(c3ncc(C(=O)NOCc4ccc(B(O)O)cc4)cn3)CC2)c2ccccc21. The maximum absolute atomic E-state index is 12.4. The van der Waals surface area contributed by atoms with Gasteiger partial charge in [-0.15, -0.1) is 0 Å². The van der Waals surface area contributed by atoms with Crippen molar-refractivity contribution in [2.75, 3.05) is 24.5 Å². The average Bonchev–Trinajstić information content (AvgIpc) is 3.29. The van der Waals surface area contributed by atoms with Gasteiger partial charge < -0.3 is 24.8 Å². The van der Waals surface area contributed by atoms with Crippen molar-refractivity contribution in [2.45, 2.75) is 26.0 Å². The summed E-state index contributed by atoms with van der Waals surface area (Å²) in [6.45, 7) is 3.73. The number of benzene rings is 2. The molecule has 10 nitrogen and oxygen atoms in total. The van der Waals surface area contributed by atoms with E-state index in [2.05, 4.69) is 67.7 Å². The molecule has 0 radical (unpaired) electrons. The van der Waals surface area contributed by atoms with Gasteiger partial charge in [0.25, 0.3) is 5.91 Å². The van der Waals surface area contributed by atoms with Crippen molar-refractivity contribution < 1.29 is 19.7 Å². The van der Waals surface area contributed by atoms with Gasteiger partial charge in [-0.2, -0.15) is 0 Å². The number of aromatic nitrogens is 3. The normalized spacial score (nSPS) is 14.1. The molecule has 1 aliphatic heterocycles. The predicted molar refractivity (Wildman–Crippen MR) is 150 cm³/mol. The Labute approximate surface area is 227 Å². The van der Waals surface area contributed by atoms with Crippen LogP contribution in [0.25, 0.3) is 10.9 Å². The van der Waals surface area contributed by atoms with Crippen molar-refractivity contribution in [2.24, 2.45) is 13.0 Å². The number of hydrogen-bond donors (Lipinski definition) is 4. The molecule has 0 atom stereocenters. The summed E-state index contributed by atoms with van der Waals surface area (Å²) in [7, 11) is 0.572. The molecule has 202 valence electrons. The van der Waals surface area contributed by atoms with E-state index >= 15 is 0 Å². The second kappa shape index (κ2) is 12.4. The standard InChI is InChI=1S/C28H33BN6O4/c1-34-18-23(25-4-2-3-5-26(25)34)15-30-14-20-10-12-35(13-11-20)28-31-16-22(17-32-28)27(36)33-39-19-21-6-8-24(9-7-21)29(37)38/h2-9,16-18,20,30,37-38H,10-15,19H2,1H3,(H,33,36). The van der Waals surface area contributed by atoms with Gasteiger partial charge in [0.1, 0.15) is 0 Å². The minimum absolute atomic E-state index is 0.137. The van der Waals surface area contributed by atoms with Crippen LogP contribution in [-0.2, 0) is 25.0 Å². The Kier molecular flexibility index (Phi) is 8.53. The summed E-state index contributed by atoms with van der Waals surface area (Å²) in [5, 5.41) is 23.2. The topological polar surface area (TPSA) is 125 Å². The number of amides is 1. The number of hydrogen-bond acceptors (Lipinski definition) is 8. The molecule has 2 aromatic heterocycles. The van der Waals surface area contributed by atoms with Crippen LogP contribution in [0.5, 0.6) is 0 Å². The molecular weight excluding hydrogens is 495 g/mol. The number of nitrogens with one attached hydrogen (secondary N) is 2. The monoisotopic (exact) mass is 528 g/mol. The fourth-order valence-corrected chi connectivity index (χ4v) is 4.95. The first-order valence-corrected chi connectivity index (χ1v) is 13.2. The van der Waals surface area contributed by atoms with Gasteiger partial charge in [-0.25, -0.2) is 15.4 Å². The zero-order valence-corrected chi connectivity index (χ0v) is 22.0. The lowest BCUT2D eigenvalue weighted by atomic mass is 9.80. The third kappa shape index (κ3) is 6.63. The number of anilines is 1. The summed E-state index contributed by atoms with van der Waals surface area (Å²) in [6.07, 6.45) is 7.34. The third-order valence-electron chi connectivity index (χ3n) is 7.21. The van der Waals surface area contributed by atoms with E-state index in [9.17, 15) is 4.79 Å². The third-order valence-corrected chi connectivity index (χ3v) is 7.21. The van der Waals surface area contributed by atoms with Crippen LogP contribution in [0, 0.1) is 5.92 Å². The van der Waals surface area contributed by atoms with E-state index in [1.807, 2.05) is 0 Å². The molecule has 39 heavy (non-hydrogen) atoms. The van der Waals surface area contributed by atoms with E-state index < -0.39 is 13.0 Å². The summed E-state index contributed by atoms with van der Waals surface area (Å²) in [5.74, 6) is 0.795. The lowest BCUT2D eigenvalue weighted by molar-refractivity contribution is 0.0233.